The molecule has 0 bridgehead atoms. The van der Waals surface area contributed by atoms with E-state index in [1.807, 2.05) is 73.7 Å². The lowest BCUT2D eigenvalue weighted by Crippen LogP contribution is -2.55. The molecule has 3 aromatic carbocycles. The minimum atomic E-state index is -3.80. The van der Waals surface area contributed by atoms with Gasteiger partial charge in [-0.3, -0.25) is 13.9 Å². The van der Waals surface area contributed by atoms with E-state index in [0.717, 1.165) is 63.8 Å². The highest BCUT2D eigenvalue weighted by molar-refractivity contribution is 9.10. The zero-order valence-electron chi connectivity index (χ0n) is 23.6. The quantitative estimate of drug-likeness (QED) is 0.295. The molecular weight excluding hydrogens is 602 g/mol. The van der Waals surface area contributed by atoms with Crippen molar-refractivity contribution in [2.75, 3.05) is 17.1 Å². The van der Waals surface area contributed by atoms with Gasteiger partial charge in [-0.2, -0.15) is 0 Å². The number of rotatable bonds is 11. The number of aryl methyl sites for hydroxylation is 1. The van der Waals surface area contributed by atoms with Gasteiger partial charge in [0.1, 0.15) is 12.6 Å². The Hall–Kier alpha value is -3.17. The largest absolute Gasteiger partial charge is 0.352 e. The third-order valence-electron chi connectivity index (χ3n) is 7.53. The maximum atomic E-state index is 14.2. The lowest BCUT2D eigenvalue weighted by atomic mass is 9.94. The van der Waals surface area contributed by atoms with Crippen LogP contribution in [0.15, 0.2) is 83.3 Å². The van der Waals surface area contributed by atoms with Gasteiger partial charge in [-0.05, 0) is 54.7 Å². The smallest absolute Gasteiger partial charge is 0.244 e. The van der Waals surface area contributed by atoms with Crippen molar-refractivity contribution in [3.8, 4) is 0 Å². The van der Waals surface area contributed by atoms with Crippen molar-refractivity contribution in [3.63, 3.8) is 0 Å². The lowest BCUT2D eigenvalue weighted by Gasteiger charge is -2.35. The van der Waals surface area contributed by atoms with Gasteiger partial charge in [0.05, 0.1) is 11.9 Å². The van der Waals surface area contributed by atoms with Crippen LogP contribution in [0.25, 0.3) is 0 Å². The van der Waals surface area contributed by atoms with E-state index < -0.39 is 28.5 Å². The monoisotopic (exact) mass is 639 g/mol. The Balaban J connectivity index is 1.73. The van der Waals surface area contributed by atoms with Crippen LogP contribution in [-0.2, 0) is 32.6 Å². The molecule has 218 valence electrons. The normalized spacial score (nSPS) is 14.7. The van der Waals surface area contributed by atoms with E-state index in [2.05, 4.69) is 21.2 Å². The average Bonchev–Trinajstić information content (AvgIpc) is 2.94. The molecule has 0 heterocycles. The topological polar surface area (TPSA) is 86.8 Å². The Labute approximate surface area is 252 Å². The van der Waals surface area contributed by atoms with Gasteiger partial charge in [-0.1, -0.05) is 95.9 Å². The highest BCUT2D eigenvalue weighted by Crippen LogP contribution is 2.24. The van der Waals surface area contributed by atoms with Crippen molar-refractivity contribution in [3.05, 3.63) is 100 Å². The second kappa shape index (κ2) is 14.1. The summed E-state index contributed by atoms with van der Waals surface area (Å²) in [4.78, 5) is 29.8. The first-order valence-electron chi connectivity index (χ1n) is 14.0. The number of nitrogens with one attached hydrogen (secondary N) is 1. The Kier molecular flexibility index (Phi) is 10.6. The molecule has 1 N–H and O–H groups in total. The summed E-state index contributed by atoms with van der Waals surface area (Å²) in [6.07, 6.45) is 6.53. The standard InChI is InChI=1S/C32H38BrN3O4S/c1-24-12-9-10-19-29(24)36(41(2,39)40)23-31(37)35(22-26-15-11-16-27(33)20-26)30(21-25-13-5-3-6-14-25)32(38)34-28-17-7-4-8-18-28/h3,5-6,9-16,19-20,28,30H,4,7-8,17-18,21-23H2,1-2H3,(H,34,38)/t30-/m1/s1. The fourth-order valence-corrected chi connectivity index (χ4v) is 6.72. The summed E-state index contributed by atoms with van der Waals surface area (Å²) >= 11 is 3.51. The summed E-state index contributed by atoms with van der Waals surface area (Å²) in [6, 6.07) is 23.5. The Morgan fingerprint density at radius 1 is 0.927 bits per heavy atom. The number of carbonyl (C=O) groups is 2. The minimum Gasteiger partial charge on any atom is -0.352 e. The molecule has 41 heavy (non-hydrogen) atoms. The molecule has 0 unspecified atom stereocenters. The molecule has 1 atom stereocenters. The maximum Gasteiger partial charge on any atom is 0.244 e. The summed E-state index contributed by atoms with van der Waals surface area (Å²) in [5.41, 5.74) is 2.93. The van der Waals surface area contributed by atoms with Crippen LogP contribution in [0.2, 0.25) is 0 Å². The van der Waals surface area contributed by atoms with E-state index in [9.17, 15) is 18.0 Å². The number of hydrogen-bond acceptors (Lipinski definition) is 4. The molecule has 1 saturated carbocycles. The third-order valence-corrected chi connectivity index (χ3v) is 9.15. The van der Waals surface area contributed by atoms with E-state index >= 15 is 0 Å². The third kappa shape index (κ3) is 8.66. The first-order chi connectivity index (χ1) is 19.6. The van der Waals surface area contributed by atoms with Crippen molar-refractivity contribution in [2.24, 2.45) is 0 Å². The van der Waals surface area contributed by atoms with Gasteiger partial charge >= 0.3 is 0 Å². The van der Waals surface area contributed by atoms with Crippen molar-refractivity contribution in [1.82, 2.24) is 10.2 Å². The fourth-order valence-electron chi connectivity index (χ4n) is 5.37. The molecule has 1 aliphatic rings. The van der Waals surface area contributed by atoms with Gasteiger partial charge in [0.15, 0.2) is 0 Å². The second-order valence-electron chi connectivity index (χ2n) is 10.8. The van der Waals surface area contributed by atoms with Crippen molar-refractivity contribution < 1.29 is 18.0 Å². The van der Waals surface area contributed by atoms with Gasteiger partial charge in [0.25, 0.3) is 0 Å². The Bertz CT molecular complexity index is 1440. The molecule has 7 nitrogen and oxygen atoms in total. The van der Waals surface area contributed by atoms with E-state index in [-0.39, 0.29) is 18.5 Å². The zero-order valence-corrected chi connectivity index (χ0v) is 26.0. The molecule has 0 radical (unpaired) electrons. The molecule has 0 spiro atoms. The average molecular weight is 641 g/mol. The number of amides is 2. The van der Waals surface area contributed by atoms with Crippen LogP contribution >= 0.6 is 15.9 Å². The van der Waals surface area contributed by atoms with Crippen LogP contribution in [0.4, 0.5) is 5.69 Å². The van der Waals surface area contributed by atoms with E-state index in [1.54, 1.807) is 17.0 Å². The van der Waals surface area contributed by atoms with Crippen LogP contribution in [0, 0.1) is 6.92 Å². The molecule has 1 fully saturated rings. The fraction of sp³-hybridized carbons (Fsp3) is 0.375. The van der Waals surface area contributed by atoms with Gasteiger partial charge in [0, 0.05) is 23.5 Å². The number of para-hydroxylation sites is 1. The van der Waals surface area contributed by atoms with Crippen LogP contribution in [0.3, 0.4) is 0 Å². The number of anilines is 1. The summed E-state index contributed by atoms with van der Waals surface area (Å²) < 4.78 is 27.9. The minimum absolute atomic E-state index is 0.0665. The van der Waals surface area contributed by atoms with Gasteiger partial charge < -0.3 is 10.2 Å². The Morgan fingerprint density at radius 3 is 2.24 bits per heavy atom. The van der Waals surface area contributed by atoms with E-state index in [4.69, 9.17) is 0 Å². The van der Waals surface area contributed by atoms with Crippen molar-refractivity contribution in [2.45, 2.75) is 64.1 Å². The SMILES string of the molecule is Cc1ccccc1N(CC(=O)N(Cc1cccc(Br)c1)[C@H](Cc1ccccc1)C(=O)NC1CCCCC1)S(C)(=O)=O. The van der Waals surface area contributed by atoms with E-state index in [1.165, 1.54) is 0 Å². The zero-order chi connectivity index (χ0) is 29.4. The van der Waals surface area contributed by atoms with Gasteiger partial charge in [-0.15, -0.1) is 0 Å². The molecule has 4 rings (SSSR count). The molecule has 0 aliphatic heterocycles. The summed E-state index contributed by atoms with van der Waals surface area (Å²) in [7, 11) is -3.80. The van der Waals surface area contributed by atoms with Crippen LogP contribution in [0.1, 0.15) is 48.8 Å². The highest BCUT2D eigenvalue weighted by Gasteiger charge is 2.34. The predicted molar refractivity (Wildman–Crippen MR) is 167 cm³/mol. The summed E-state index contributed by atoms with van der Waals surface area (Å²) in [5, 5.41) is 3.22. The van der Waals surface area contributed by atoms with Crippen molar-refractivity contribution >= 4 is 43.5 Å². The van der Waals surface area contributed by atoms with Gasteiger partial charge in [-0.25, -0.2) is 8.42 Å². The molecule has 9 heteroatoms. The van der Waals surface area contributed by atoms with Crippen LogP contribution in [0.5, 0.6) is 0 Å². The summed E-state index contributed by atoms with van der Waals surface area (Å²) in [6.45, 7) is 1.55. The number of halogens is 1. The molecule has 2 amide bonds. The second-order valence-corrected chi connectivity index (χ2v) is 13.6. The summed E-state index contributed by atoms with van der Waals surface area (Å²) in [5.74, 6) is -0.663. The molecule has 0 aromatic heterocycles. The van der Waals surface area contributed by atoms with E-state index in [0.29, 0.717) is 12.1 Å². The number of sulfonamides is 1. The maximum absolute atomic E-state index is 14.2. The molecule has 1 aliphatic carbocycles. The van der Waals surface area contributed by atoms with Gasteiger partial charge in [0.2, 0.25) is 21.8 Å². The number of nitrogens with zero attached hydrogens (tertiary/aromatic N) is 2. The van der Waals surface area contributed by atoms with Crippen LogP contribution < -0.4 is 9.62 Å². The predicted octanol–water partition coefficient (Wildman–Crippen LogP) is 5.61. The molecular formula is C32H38BrN3O4S. The highest BCUT2D eigenvalue weighted by atomic mass is 79.9. The van der Waals surface area contributed by atoms with Crippen molar-refractivity contribution in [1.29, 1.82) is 0 Å². The number of hydrogen-bond donors (Lipinski definition) is 1. The first kappa shape index (κ1) is 30.8. The lowest BCUT2D eigenvalue weighted by molar-refractivity contribution is -0.140. The first-order valence-corrected chi connectivity index (χ1v) is 16.7. The molecule has 0 saturated heterocycles. The number of benzene rings is 3. The molecule has 3 aromatic rings. The number of carbonyl (C=O) groups excluding carboxylic acids is 2. The van der Waals surface area contributed by atoms with Crippen LogP contribution in [-0.4, -0.2) is 50.0 Å². The Morgan fingerprint density at radius 2 is 1.59 bits per heavy atom.